The van der Waals surface area contributed by atoms with Crippen molar-refractivity contribution >= 4 is 34.8 Å². The third kappa shape index (κ3) is 5.08. The Bertz CT molecular complexity index is 658. The average Bonchev–Trinajstić information content (AvgIpc) is 3.07. The minimum Gasteiger partial charge on any atom is -0.466 e. The van der Waals surface area contributed by atoms with Gasteiger partial charge in [0.2, 0.25) is 0 Å². The van der Waals surface area contributed by atoms with Gasteiger partial charge in [0.15, 0.2) is 0 Å². The van der Waals surface area contributed by atoms with E-state index in [2.05, 4.69) is 0 Å². The molecule has 0 saturated carbocycles. The van der Waals surface area contributed by atoms with Crippen LogP contribution in [0.1, 0.15) is 28.6 Å². The largest absolute Gasteiger partial charge is 0.466 e. The van der Waals surface area contributed by atoms with E-state index in [-0.39, 0.29) is 18.3 Å². The van der Waals surface area contributed by atoms with Gasteiger partial charge in [-0.1, -0.05) is 35.9 Å². The van der Waals surface area contributed by atoms with E-state index in [1.807, 2.05) is 29.6 Å². The summed E-state index contributed by atoms with van der Waals surface area (Å²) in [6.45, 7) is 2.75. The number of ether oxygens (including phenoxy) is 1. The first kappa shape index (κ1) is 17.5. The van der Waals surface area contributed by atoms with Crippen molar-refractivity contribution in [2.24, 2.45) is 0 Å². The SMILES string of the molecule is CCOC(=O)CCN(Cc1ccccc1Cl)C(=O)c1cccs1. The molecule has 0 aliphatic rings. The molecule has 0 bridgehead atoms. The number of thiophene rings is 1. The Hall–Kier alpha value is -1.85. The smallest absolute Gasteiger partial charge is 0.307 e. The highest BCUT2D eigenvalue weighted by Gasteiger charge is 2.19. The molecule has 0 unspecified atom stereocenters. The van der Waals surface area contributed by atoms with Crippen molar-refractivity contribution in [1.29, 1.82) is 0 Å². The molecule has 2 rings (SSSR count). The summed E-state index contributed by atoms with van der Waals surface area (Å²) in [4.78, 5) is 26.5. The van der Waals surface area contributed by atoms with E-state index in [1.165, 1.54) is 11.3 Å². The number of hydrogen-bond acceptors (Lipinski definition) is 4. The predicted octanol–water partition coefficient (Wildman–Crippen LogP) is 4.00. The Kier molecular flexibility index (Phi) is 6.62. The maximum atomic E-state index is 12.6. The van der Waals surface area contributed by atoms with E-state index in [1.54, 1.807) is 24.0 Å². The lowest BCUT2D eigenvalue weighted by atomic mass is 10.2. The van der Waals surface area contributed by atoms with Gasteiger partial charge < -0.3 is 9.64 Å². The molecule has 23 heavy (non-hydrogen) atoms. The van der Waals surface area contributed by atoms with Gasteiger partial charge in [-0.3, -0.25) is 9.59 Å². The van der Waals surface area contributed by atoms with Crippen LogP contribution in [0.2, 0.25) is 5.02 Å². The van der Waals surface area contributed by atoms with Gasteiger partial charge in [-0.15, -0.1) is 11.3 Å². The summed E-state index contributed by atoms with van der Waals surface area (Å²) < 4.78 is 4.94. The molecule has 0 fully saturated rings. The fourth-order valence-corrected chi connectivity index (χ4v) is 2.99. The summed E-state index contributed by atoms with van der Waals surface area (Å²) in [5.74, 6) is -0.417. The summed E-state index contributed by atoms with van der Waals surface area (Å²) in [5.41, 5.74) is 0.850. The molecule has 2 aromatic rings. The summed E-state index contributed by atoms with van der Waals surface area (Å²) in [5, 5.41) is 2.46. The van der Waals surface area contributed by atoms with E-state index < -0.39 is 0 Å². The molecular weight excluding hydrogens is 334 g/mol. The number of esters is 1. The van der Waals surface area contributed by atoms with Crippen LogP contribution < -0.4 is 0 Å². The monoisotopic (exact) mass is 351 g/mol. The lowest BCUT2D eigenvalue weighted by molar-refractivity contribution is -0.143. The number of rotatable bonds is 7. The van der Waals surface area contributed by atoms with Crippen LogP contribution in [0.3, 0.4) is 0 Å². The van der Waals surface area contributed by atoms with Crippen molar-refractivity contribution in [1.82, 2.24) is 4.90 Å². The molecular formula is C17H18ClNO3S. The molecule has 1 amide bonds. The van der Waals surface area contributed by atoms with Crippen molar-refractivity contribution in [2.45, 2.75) is 19.9 Å². The molecule has 1 aromatic heterocycles. The number of carbonyl (C=O) groups excluding carboxylic acids is 2. The molecule has 0 spiro atoms. The van der Waals surface area contributed by atoms with Crippen LogP contribution in [0.25, 0.3) is 0 Å². The number of halogens is 1. The fraction of sp³-hybridized carbons (Fsp3) is 0.294. The third-order valence-electron chi connectivity index (χ3n) is 3.23. The standard InChI is InChI=1S/C17H18ClNO3S/c1-2-22-16(20)9-10-19(17(21)15-8-5-11-23-15)12-13-6-3-4-7-14(13)18/h3-8,11H,2,9-10,12H2,1H3. The van der Waals surface area contributed by atoms with Gasteiger partial charge in [0, 0.05) is 18.1 Å². The second kappa shape index (κ2) is 8.70. The number of nitrogens with zero attached hydrogens (tertiary/aromatic N) is 1. The van der Waals surface area contributed by atoms with E-state index >= 15 is 0 Å². The lowest BCUT2D eigenvalue weighted by Gasteiger charge is -2.22. The number of carbonyl (C=O) groups is 2. The molecule has 0 aliphatic carbocycles. The quantitative estimate of drug-likeness (QED) is 0.708. The van der Waals surface area contributed by atoms with Gasteiger partial charge in [0.05, 0.1) is 17.9 Å². The summed E-state index contributed by atoms with van der Waals surface area (Å²) in [6.07, 6.45) is 0.162. The van der Waals surface area contributed by atoms with Crippen LogP contribution in [0.15, 0.2) is 41.8 Å². The highest BCUT2D eigenvalue weighted by molar-refractivity contribution is 7.12. The number of hydrogen-bond donors (Lipinski definition) is 0. The van der Waals surface area contributed by atoms with Crippen LogP contribution in [0, 0.1) is 0 Å². The van der Waals surface area contributed by atoms with Crippen LogP contribution >= 0.6 is 22.9 Å². The minimum absolute atomic E-state index is 0.107. The van der Waals surface area contributed by atoms with Crippen molar-refractivity contribution in [3.63, 3.8) is 0 Å². The first-order valence-electron chi connectivity index (χ1n) is 7.33. The van der Waals surface area contributed by atoms with Crippen molar-refractivity contribution in [3.8, 4) is 0 Å². The van der Waals surface area contributed by atoms with Crippen molar-refractivity contribution in [3.05, 3.63) is 57.2 Å². The average molecular weight is 352 g/mol. The van der Waals surface area contributed by atoms with Crippen LogP contribution in [0.5, 0.6) is 0 Å². The van der Waals surface area contributed by atoms with E-state index in [9.17, 15) is 9.59 Å². The molecule has 122 valence electrons. The molecule has 6 heteroatoms. The zero-order valence-corrected chi connectivity index (χ0v) is 14.4. The minimum atomic E-state index is -0.310. The van der Waals surface area contributed by atoms with E-state index in [4.69, 9.17) is 16.3 Å². The lowest BCUT2D eigenvalue weighted by Crippen LogP contribution is -2.32. The summed E-state index contributed by atoms with van der Waals surface area (Å²) in [6, 6.07) is 11.0. The molecule has 4 nitrogen and oxygen atoms in total. The molecule has 1 heterocycles. The van der Waals surface area contributed by atoms with Crippen LogP contribution in [-0.2, 0) is 16.1 Å². The van der Waals surface area contributed by atoms with Gasteiger partial charge in [-0.25, -0.2) is 0 Å². The highest BCUT2D eigenvalue weighted by Crippen LogP contribution is 2.20. The molecule has 0 atom stereocenters. The molecule has 1 aromatic carbocycles. The van der Waals surface area contributed by atoms with Gasteiger partial charge in [0.1, 0.15) is 0 Å². The van der Waals surface area contributed by atoms with Crippen LogP contribution in [-0.4, -0.2) is 29.9 Å². The molecule has 0 N–H and O–H groups in total. The maximum absolute atomic E-state index is 12.6. The maximum Gasteiger partial charge on any atom is 0.307 e. The molecule has 0 saturated heterocycles. The van der Waals surface area contributed by atoms with Crippen LogP contribution in [0.4, 0.5) is 0 Å². The number of amides is 1. The Morgan fingerprint density at radius 3 is 2.65 bits per heavy atom. The van der Waals surface area contributed by atoms with Crippen molar-refractivity contribution < 1.29 is 14.3 Å². The topological polar surface area (TPSA) is 46.6 Å². The Balaban J connectivity index is 2.12. The normalized spacial score (nSPS) is 10.3. The second-order valence-electron chi connectivity index (χ2n) is 4.85. The predicted molar refractivity (Wildman–Crippen MR) is 91.8 cm³/mol. The summed E-state index contributed by atoms with van der Waals surface area (Å²) in [7, 11) is 0. The van der Waals surface area contributed by atoms with E-state index in [0.717, 1.165) is 5.56 Å². The molecule has 0 aliphatic heterocycles. The van der Waals surface area contributed by atoms with Gasteiger partial charge in [0.25, 0.3) is 5.91 Å². The van der Waals surface area contributed by atoms with Gasteiger partial charge in [-0.2, -0.15) is 0 Å². The zero-order chi connectivity index (χ0) is 16.7. The Labute approximate surface area is 144 Å². The van der Waals surface area contributed by atoms with Gasteiger partial charge >= 0.3 is 5.97 Å². The Morgan fingerprint density at radius 1 is 1.22 bits per heavy atom. The Morgan fingerprint density at radius 2 is 2.00 bits per heavy atom. The highest BCUT2D eigenvalue weighted by atomic mass is 35.5. The van der Waals surface area contributed by atoms with Gasteiger partial charge in [-0.05, 0) is 30.0 Å². The third-order valence-corrected chi connectivity index (χ3v) is 4.46. The van der Waals surface area contributed by atoms with E-state index in [0.29, 0.717) is 29.6 Å². The number of benzene rings is 1. The molecule has 0 radical (unpaired) electrons. The second-order valence-corrected chi connectivity index (χ2v) is 6.21. The zero-order valence-electron chi connectivity index (χ0n) is 12.8. The first-order valence-corrected chi connectivity index (χ1v) is 8.59. The first-order chi connectivity index (χ1) is 11.1. The fourth-order valence-electron chi connectivity index (χ4n) is 2.10. The summed E-state index contributed by atoms with van der Waals surface area (Å²) >= 11 is 7.56. The van der Waals surface area contributed by atoms with Crippen molar-refractivity contribution in [2.75, 3.05) is 13.2 Å².